The number of hydrogen-bond donors (Lipinski definition) is 1. The van der Waals surface area contributed by atoms with Crippen molar-refractivity contribution < 1.29 is 4.92 Å². The van der Waals surface area contributed by atoms with Crippen LogP contribution in [0.15, 0.2) is 44.9 Å². The number of thiophene rings is 1. The second-order valence-electron chi connectivity index (χ2n) is 4.78. The second-order valence-corrected chi connectivity index (χ2v) is 8.08. The van der Waals surface area contributed by atoms with Crippen molar-refractivity contribution >= 4 is 45.3 Å². The molecule has 0 atom stereocenters. The fourth-order valence-electron chi connectivity index (χ4n) is 1.98. The molecule has 126 valence electrons. The molecule has 0 saturated carbocycles. The number of hydrogen-bond acceptors (Lipinski definition) is 9. The maximum atomic E-state index is 11.1. The molecule has 0 bridgehead atoms. The van der Waals surface area contributed by atoms with Crippen LogP contribution in [0, 0.1) is 21.4 Å². The van der Waals surface area contributed by atoms with Crippen molar-refractivity contribution in [1.29, 1.82) is 5.26 Å². The Hall–Kier alpha value is -2.48. The van der Waals surface area contributed by atoms with Crippen molar-refractivity contribution in [3.63, 3.8) is 0 Å². The summed E-state index contributed by atoms with van der Waals surface area (Å²) in [4.78, 5) is 12.3. The van der Waals surface area contributed by atoms with Crippen molar-refractivity contribution in [2.75, 3.05) is 11.9 Å². The molecule has 0 radical (unpaired) electrons. The first-order valence-electron chi connectivity index (χ1n) is 7.12. The number of nitro groups is 1. The maximum absolute atomic E-state index is 11.1. The van der Waals surface area contributed by atoms with Gasteiger partial charge in [0.25, 0.3) is 5.69 Å². The zero-order chi connectivity index (χ0) is 17.6. The van der Waals surface area contributed by atoms with Crippen LogP contribution in [0.1, 0.15) is 10.4 Å². The number of anilines is 1. The highest BCUT2D eigenvalue weighted by Gasteiger charge is 2.17. The summed E-state index contributed by atoms with van der Waals surface area (Å²) in [5.41, 5.74) is 0.318. The van der Waals surface area contributed by atoms with Gasteiger partial charge in [0.2, 0.25) is 5.13 Å². The van der Waals surface area contributed by atoms with Gasteiger partial charge >= 0.3 is 0 Å². The fourth-order valence-corrected chi connectivity index (χ4v) is 4.57. The molecule has 7 nitrogen and oxygen atoms in total. The van der Waals surface area contributed by atoms with Crippen LogP contribution >= 0.6 is 34.4 Å². The molecule has 0 aliphatic rings. The summed E-state index contributed by atoms with van der Waals surface area (Å²) >= 11 is 4.17. The number of rotatable bonds is 7. The van der Waals surface area contributed by atoms with Crippen molar-refractivity contribution in [2.24, 2.45) is 0 Å². The Balaban J connectivity index is 1.67. The molecule has 0 aliphatic heterocycles. The standard InChI is InChI=1S/C15H11N5O2S3/c16-9-10-3-4-12(20(21)22)13(8-10)24-15-19-18-14(25-15)17-6-5-11-2-1-7-23-11/h1-4,7-8H,5-6H2,(H,17,18). The number of nitrogens with zero attached hydrogens (tertiary/aromatic N) is 4. The molecule has 2 aromatic heterocycles. The zero-order valence-electron chi connectivity index (χ0n) is 12.7. The molecular weight excluding hydrogens is 378 g/mol. The van der Waals surface area contributed by atoms with Crippen LogP contribution in [-0.4, -0.2) is 21.7 Å². The average Bonchev–Trinajstić information content (AvgIpc) is 3.27. The minimum atomic E-state index is -0.468. The van der Waals surface area contributed by atoms with Crippen LogP contribution in [0.25, 0.3) is 0 Å². The lowest BCUT2D eigenvalue weighted by atomic mass is 10.2. The molecule has 0 saturated heterocycles. The highest BCUT2D eigenvalue weighted by Crippen LogP contribution is 2.37. The van der Waals surface area contributed by atoms with Gasteiger partial charge in [0.05, 0.1) is 21.5 Å². The summed E-state index contributed by atoms with van der Waals surface area (Å²) in [6.07, 6.45) is 0.898. The first-order chi connectivity index (χ1) is 12.2. The number of benzene rings is 1. The Morgan fingerprint density at radius 1 is 1.36 bits per heavy atom. The van der Waals surface area contributed by atoms with E-state index in [1.807, 2.05) is 17.5 Å². The molecular formula is C15H11N5O2S3. The molecule has 10 heteroatoms. The molecule has 0 unspecified atom stereocenters. The van der Waals surface area contributed by atoms with Gasteiger partial charge in [-0.15, -0.1) is 21.5 Å². The van der Waals surface area contributed by atoms with E-state index in [1.165, 1.54) is 34.4 Å². The summed E-state index contributed by atoms with van der Waals surface area (Å²) in [6, 6.07) is 10.3. The van der Waals surface area contributed by atoms with E-state index >= 15 is 0 Å². The highest BCUT2D eigenvalue weighted by molar-refractivity contribution is 8.01. The largest absolute Gasteiger partial charge is 0.360 e. The fraction of sp³-hybridized carbons (Fsp3) is 0.133. The Kier molecular flexibility index (Phi) is 5.60. The molecule has 3 aromatic rings. The predicted octanol–water partition coefficient (Wildman–Crippen LogP) is 4.19. The molecule has 2 heterocycles. The molecule has 1 N–H and O–H groups in total. The van der Waals surface area contributed by atoms with Gasteiger partial charge in [-0.1, -0.05) is 17.4 Å². The maximum Gasteiger partial charge on any atom is 0.283 e. The Bertz CT molecular complexity index is 918. The predicted molar refractivity (Wildman–Crippen MR) is 98.4 cm³/mol. The van der Waals surface area contributed by atoms with Gasteiger partial charge in [-0.2, -0.15) is 5.26 Å². The van der Waals surface area contributed by atoms with E-state index in [-0.39, 0.29) is 5.69 Å². The molecule has 0 aliphatic carbocycles. The second kappa shape index (κ2) is 8.06. The quantitative estimate of drug-likeness (QED) is 0.477. The molecule has 3 rings (SSSR count). The third-order valence-electron chi connectivity index (χ3n) is 3.12. The smallest absolute Gasteiger partial charge is 0.283 e. The normalized spacial score (nSPS) is 10.4. The minimum absolute atomic E-state index is 0.0496. The summed E-state index contributed by atoms with van der Waals surface area (Å²) in [5, 5.41) is 34.1. The SMILES string of the molecule is N#Cc1ccc([N+](=O)[O-])c(Sc2nnc(NCCc3cccs3)s2)c1. The summed E-state index contributed by atoms with van der Waals surface area (Å²) in [6.45, 7) is 0.740. The van der Waals surface area contributed by atoms with Gasteiger partial charge < -0.3 is 5.32 Å². The number of nitriles is 1. The summed E-state index contributed by atoms with van der Waals surface area (Å²) in [7, 11) is 0. The van der Waals surface area contributed by atoms with E-state index in [9.17, 15) is 10.1 Å². The van der Waals surface area contributed by atoms with Crippen LogP contribution in [0.5, 0.6) is 0 Å². The van der Waals surface area contributed by atoms with Gasteiger partial charge in [-0.05, 0) is 41.8 Å². The van der Waals surface area contributed by atoms with Gasteiger partial charge in [0.15, 0.2) is 4.34 Å². The van der Waals surface area contributed by atoms with E-state index in [2.05, 4.69) is 21.6 Å². The van der Waals surface area contributed by atoms with E-state index in [4.69, 9.17) is 5.26 Å². The Morgan fingerprint density at radius 2 is 2.24 bits per heavy atom. The van der Waals surface area contributed by atoms with E-state index < -0.39 is 4.92 Å². The lowest BCUT2D eigenvalue weighted by Crippen LogP contribution is -2.03. The van der Waals surface area contributed by atoms with Crippen LogP contribution in [0.3, 0.4) is 0 Å². The lowest BCUT2D eigenvalue weighted by molar-refractivity contribution is -0.387. The highest BCUT2D eigenvalue weighted by atomic mass is 32.2. The lowest BCUT2D eigenvalue weighted by Gasteiger charge is -2.00. The van der Waals surface area contributed by atoms with Crippen LogP contribution in [-0.2, 0) is 6.42 Å². The van der Waals surface area contributed by atoms with Crippen LogP contribution in [0.2, 0.25) is 0 Å². The van der Waals surface area contributed by atoms with Crippen LogP contribution < -0.4 is 5.32 Å². The average molecular weight is 389 g/mol. The Labute approximate surface area is 155 Å². The zero-order valence-corrected chi connectivity index (χ0v) is 15.2. The van der Waals surface area contributed by atoms with Gasteiger partial charge in [0.1, 0.15) is 0 Å². The van der Waals surface area contributed by atoms with Gasteiger partial charge in [-0.25, -0.2) is 0 Å². The molecule has 25 heavy (non-hydrogen) atoms. The molecule has 0 spiro atoms. The van der Waals surface area contributed by atoms with Crippen molar-refractivity contribution in [2.45, 2.75) is 15.7 Å². The monoisotopic (exact) mass is 389 g/mol. The first-order valence-corrected chi connectivity index (χ1v) is 9.63. The summed E-state index contributed by atoms with van der Waals surface area (Å²) < 4.78 is 0.580. The molecule has 0 fully saturated rings. The third-order valence-corrected chi connectivity index (χ3v) is 6.03. The molecule has 0 amide bonds. The number of nitrogens with one attached hydrogen (secondary N) is 1. The molecule has 1 aromatic carbocycles. The van der Waals surface area contributed by atoms with Gasteiger partial charge in [0, 0.05) is 17.5 Å². The van der Waals surface area contributed by atoms with E-state index in [0.717, 1.165) is 24.7 Å². The van der Waals surface area contributed by atoms with E-state index in [0.29, 0.717) is 19.9 Å². The number of aromatic nitrogens is 2. The van der Waals surface area contributed by atoms with Gasteiger partial charge in [-0.3, -0.25) is 10.1 Å². The van der Waals surface area contributed by atoms with Crippen molar-refractivity contribution in [1.82, 2.24) is 10.2 Å². The minimum Gasteiger partial charge on any atom is -0.360 e. The van der Waals surface area contributed by atoms with Crippen molar-refractivity contribution in [3.8, 4) is 6.07 Å². The third kappa shape index (κ3) is 4.54. The van der Waals surface area contributed by atoms with Crippen LogP contribution in [0.4, 0.5) is 10.8 Å². The summed E-state index contributed by atoms with van der Waals surface area (Å²) in [5.74, 6) is 0. The van der Waals surface area contributed by atoms with Crippen molar-refractivity contribution in [3.05, 3.63) is 56.3 Å². The van der Waals surface area contributed by atoms with E-state index in [1.54, 1.807) is 11.3 Å². The number of nitro benzene ring substituents is 1. The Morgan fingerprint density at radius 3 is 2.96 bits per heavy atom. The first kappa shape index (κ1) is 17.3. The topological polar surface area (TPSA) is 105 Å².